The monoisotopic (exact) mass is 403 g/mol. The highest BCUT2D eigenvalue weighted by Gasteiger charge is 2.21. The van der Waals surface area contributed by atoms with Crippen LogP contribution >= 0.6 is 15.9 Å². The molecule has 2 aromatic rings. The van der Waals surface area contributed by atoms with Gasteiger partial charge in [-0.3, -0.25) is 4.99 Å². The first-order chi connectivity index (χ1) is 12.2. The molecule has 0 fully saturated rings. The van der Waals surface area contributed by atoms with Crippen molar-refractivity contribution in [1.29, 1.82) is 0 Å². The lowest BCUT2D eigenvalue weighted by atomic mass is 10.0. The lowest BCUT2D eigenvalue weighted by Crippen LogP contribution is -2.40. The fourth-order valence-corrected chi connectivity index (χ4v) is 3.32. The van der Waals surface area contributed by atoms with E-state index in [0.717, 1.165) is 39.5 Å². The summed E-state index contributed by atoms with van der Waals surface area (Å²) in [5.74, 6) is 2.54. The topological polar surface area (TPSA) is 54.9 Å². The Labute approximate surface area is 156 Å². The van der Waals surface area contributed by atoms with Crippen LogP contribution in [-0.4, -0.2) is 26.7 Å². The molecular formula is C19H22BrN3O2. The maximum absolute atomic E-state index is 5.72. The summed E-state index contributed by atoms with van der Waals surface area (Å²) in [6.45, 7) is 1.32. The SMILES string of the molecule is CN=C(NCc1cc(Br)ccc1OC)NC1CCOc2ccccc21. The van der Waals surface area contributed by atoms with Gasteiger partial charge in [0.15, 0.2) is 5.96 Å². The smallest absolute Gasteiger partial charge is 0.191 e. The van der Waals surface area contributed by atoms with Gasteiger partial charge in [-0.1, -0.05) is 34.1 Å². The summed E-state index contributed by atoms with van der Waals surface area (Å²) in [6.07, 6.45) is 0.901. The highest BCUT2D eigenvalue weighted by atomic mass is 79.9. The lowest BCUT2D eigenvalue weighted by molar-refractivity contribution is 0.261. The number of guanidine groups is 1. The predicted octanol–water partition coefficient (Wildman–Crippen LogP) is 3.65. The number of ether oxygens (including phenoxy) is 2. The van der Waals surface area contributed by atoms with Crippen LogP contribution in [0, 0.1) is 0 Å². The van der Waals surface area contributed by atoms with E-state index in [2.05, 4.69) is 37.6 Å². The minimum atomic E-state index is 0.181. The molecule has 25 heavy (non-hydrogen) atoms. The van der Waals surface area contributed by atoms with Crippen LogP contribution in [0.3, 0.4) is 0 Å². The van der Waals surface area contributed by atoms with Gasteiger partial charge in [0.05, 0.1) is 19.8 Å². The Morgan fingerprint density at radius 1 is 1.32 bits per heavy atom. The largest absolute Gasteiger partial charge is 0.496 e. The minimum absolute atomic E-state index is 0.181. The van der Waals surface area contributed by atoms with Gasteiger partial charge in [-0.2, -0.15) is 0 Å². The first-order valence-corrected chi connectivity index (χ1v) is 9.02. The lowest BCUT2D eigenvalue weighted by Gasteiger charge is -2.28. The number of nitrogens with zero attached hydrogens (tertiary/aromatic N) is 1. The van der Waals surface area contributed by atoms with Crippen molar-refractivity contribution >= 4 is 21.9 Å². The van der Waals surface area contributed by atoms with Gasteiger partial charge in [0.2, 0.25) is 0 Å². The van der Waals surface area contributed by atoms with Gasteiger partial charge >= 0.3 is 0 Å². The fraction of sp³-hybridized carbons (Fsp3) is 0.316. The Morgan fingerprint density at radius 2 is 2.16 bits per heavy atom. The van der Waals surface area contributed by atoms with Crippen LogP contribution < -0.4 is 20.1 Å². The summed E-state index contributed by atoms with van der Waals surface area (Å²) in [4.78, 5) is 4.35. The zero-order valence-corrected chi connectivity index (χ0v) is 16.0. The van der Waals surface area contributed by atoms with E-state index in [9.17, 15) is 0 Å². The molecule has 1 unspecified atom stereocenters. The Balaban J connectivity index is 1.68. The molecule has 1 aliphatic rings. The minimum Gasteiger partial charge on any atom is -0.496 e. The van der Waals surface area contributed by atoms with Gasteiger partial charge in [-0.05, 0) is 24.3 Å². The van der Waals surface area contributed by atoms with E-state index in [1.54, 1.807) is 14.2 Å². The molecule has 2 aromatic carbocycles. The molecule has 1 heterocycles. The maximum Gasteiger partial charge on any atom is 0.191 e. The zero-order chi connectivity index (χ0) is 17.6. The zero-order valence-electron chi connectivity index (χ0n) is 14.4. The van der Waals surface area contributed by atoms with Gasteiger partial charge in [0, 0.05) is 35.6 Å². The number of fused-ring (bicyclic) bond motifs is 1. The van der Waals surface area contributed by atoms with Crippen molar-refractivity contribution in [1.82, 2.24) is 10.6 Å². The average Bonchev–Trinajstić information content (AvgIpc) is 2.65. The quantitative estimate of drug-likeness (QED) is 0.604. The average molecular weight is 404 g/mol. The molecule has 0 saturated heterocycles. The first-order valence-electron chi connectivity index (χ1n) is 8.22. The standard InChI is InChI=1S/C19H22BrN3O2/c1-21-19(22-12-13-11-14(20)7-8-17(13)24-2)23-16-9-10-25-18-6-4-3-5-15(16)18/h3-8,11,16H,9-10,12H2,1-2H3,(H2,21,22,23). The van der Waals surface area contributed by atoms with Crippen molar-refractivity contribution in [2.75, 3.05) is 20.8 Å². The van der Waals surface area contributed by atoms with Crippen LogP contribution in [0.25, 0.3) is 0 Å². The highest BCUT2D eigenvalue weighted by Crippen LogP contribution is 2.31. The number of nitrogens with one attached hydrogen (secondary N) is 2. The van der Waals surface area contributed by atoms with E-state index in [1.807, 2.05) is 36.4 Å². The maximum atomic E-state index is 5.72. The summed E-state index contributed by atoms with van der Waals surface area (Å²) in [5.41, 5.74) is 2.23. The van der Waals surface area contributed by atoms with Crippen molar-refractivity contribution in [3.63, 3.8) is 0 Å². The number of methoxy groups -OCH3 is 1. The Bertz CT molecular complexity index is 764. The van der Waals surface area contributed by atoms with Crippen molar-refractivity contribution < 1.29 is 9.47 Å². The second kappa shape index (κ2) is 8.25. The normalized spacial score (nSPS) is 16.6. The van der Waals surface area contributed by atoms with Crippen LogP contribution in [0.1, 0.15) is 23.6 Å². The van der Waals surface area contributed by atoms with E-state index in [0.29, 0.717) is 13.2 Å². The van der Waals surface area contributed by atoms with Crippen LogP contribution in [0.15, 0.2) is 51.9 Å². The molecule has 0 radical (unpaired) electrons. The molecule has 5 nitrogen and oxygen atoms in total. The molecular weight excluding hydrogens is 382 g/mol. The molecule has 2 N–H and O–H groups in total. The van der Waals surface area contributed by atoms with Crippen molar-refractivity contribution in [3.05, 3.63) is 58.1 Å². The van der Waals surface area contributed by atoms with E-state index < -0.39 is 0 Å². The summed E-state index contributed by atoms with van der Waals surface area (Å²) in [5, 5.41) is 6.85. The summed E-state index contributed by atoms with van der Waals surface area (Å²) in [7, 11) is 3.46. The summed E-state index contributed by atoms with van der Waals surface area (Å²) < 4.78 is 12.2. The molecule has 0 amide bonds. The number of hydrogen-bond acceptors (Lipinski definition) is 3. The van der Waals surface area contributed by atoms with Crippen LogP contribution in [0.4, 0.5) is 0 Å². The van der Waals surface area contributed by atoms with Crippen molar-refractivity contribution in [2.45, 2.75) is 19.0 Å². The fourth-order valence-electron chi connectivity index (χ4n) is 2.92. The number of aliphatic imine (C=N–C) groups is 1. The van der Waals surface area contributed by atoms with E-state index in [1.165, 1.54) is 0 Å². The summed E-state index contributed by atoms with van der Waals surface area (Å²) in [6, 6.07) is 14.3. The highest BCUT2D eigenvalue weighted by molar-refractivity contribution is 9.10. The van der Waals surface area contributed by atoms with Crippen LogP contribution in [-0.2, 0) is 6.54 Å². The third-order valence-electron chi connectivity index (χ3n) is 4.18. The van der Waals surface area contributed by atoms with Crippen LogP contribution in [0.2, 0.25) is 0 Å². The number of hydrogen-bond donors (Lipinski definition) is 2. The summed E-state index contributed by atoms with van der Waals surface area (Å²) >= 11 is 3.50. The molecule has 132 valence electrons. The Morgan fingerprint density at radius 3 is 2.96 bits per heavy atom. The third-order valence-corrected chi connectivity index (χ3v) is 4.68. The number of benzene rings is 2. The van der Waals surface area contributed by atoms with Crippen LogP contribution in [0.5, 0.6) is 11.5 Å². The van der Waals surface area contributed by atoms with Gasteiger partial charge in [-0.15, -0.1) is 0 Å². The van der Waals surface area contributed by atoms with E-state index >= 15 is 0 Å². The van der Waals surface area contributed by atoms with Gasteiger partial charge in [0.25, 0.3) is 0 Å². The Hall–Kier alpha value is -2.21. The van der Waals surface area contributed by atoms with Gasteiger partial charge < -0.3 is 20.1 Å². The molecule has 0 saturated carbocycles. The Kier molecular flexibility index (Phi) is 5.81. The van der Waals surface area contributed by atoms with Crippen molar-refractivity contribution in [2.24, 2.45) is 4.99 Å². The van der Waals surface area contributed by atoms with E-state index in [4.69, 9.17) is 9.47 Å². The number of para-hydroxylation sites is 1. The molecule has 6 heteroatoms. The molecule has 0 spiro atoms. The molecule has 0 aliphatic carbocycles. The molecule has 0 aromatic heterocycles. The number of rotatable bonds is 4. The second-order valence-electron chi connectivity index (χ2n) is 5.75. The van der Waals surface area contributed by atoms with Gasteiger partial charge in [-0.25, -0.2) is 0 Å². The molecule has 0 bridgehead atoms. The molecule has 3 rings (SSSR count). The first kappa shape index (κ1) is 17.6. The molecule has 1 aliphatic heterocycles. The second-order valence-corrected chi connectivity index (χ2v) is 6.67. The predicted molar refractivity (Wildman–Crippen MR) is 103 cm³/mol. The molecule has 1 atom stereocenters. The number of halogens is 1. The third kappa shape index (κ3) is 4.25. The van der Waals surface area contributed by atoms with Crippen molar-refractivity contribution in [3.8, 4) is 11.5 Å². The van der Waals surface area contributed by atoms with Gasteiger partial charge in [0.1, 0.15) is 11.5 Å². The van der Waals surface area contributed by atoms with E-state index in [-0.39, 0.29) is 6.04 Å².